The van der Waals surface area contributed by atoms with Crippen LogP contribution in [0.5, 0.6) is 0 Å². The lowest BCUT2D eigenvalue weighted by molar-refractivity contribution is -0.124. The molecule has 0 spiro atoms. The average molecular weight is 254 g/mol. The minimum atomic E-state index is -2.97. The Balaban J connectivity index is 2.30. The molecule has 4 nitrogen and oxygen atoms in total. The lowest BCUT2D eigenvalue weighted by atomic mass is 10.1. The zero-order valence-electron chi connectivity index (χ0n) is 8.70. The first-order valence-corrected chi connectivity index (χ1v) is 7.29. The second kappa shape index (κ2) is 5.16. The third-order valence-electron chi connectivity index (χ3n) is 2.44. The van der Waals surface area contributed by atoms with Gasteiger partial charge in [0, 0.05) is 11.9 Å². The van der Waals surface area contributed by atoms with Crippen LogP contribution in [0.4, 0.5) is 0 Å². The second-order valence-corrected chi connectivity index (χ2v) is 6.93. The number of halogens is 1. The molecule has 1 heterocycles. The van der Waals surface area contributed by atoms with Crippen LogP contribution in [0.3, 0.4) is 0 Å². The van der Waals surface area contributed by atoms with Crippen molar-refractivity contribution in [1.29, 1.82) is 0 Å². The fourth-order valence-electron chi connectivity index (χ4n) is 1.54. The van der Waals surface area contributed by atoms with Crippen LogP contribution in [0.1, 0.15) is 19.8 Å². The summed E-state index contributed by atoms with van der Waals surface area (Å²) in [6, 6.07) is 0. The molecular weight excluding hydrogens is 238 g/mol. The summed E-state index contributed by atoms with van der Waals surface area (Å²) in [6.07, 6.45) is 1.15. The van der Waals surface area contributed by atoms with Crippen molar-refractivity contribution in [3.8, 4) is 0 Å². The number of sulfone groups is 1. The topological polar surface area (TPSA) is 63.2 Å². The molecule has 0 bridgehead atoms. The van der Waals surface area contributed by atoms with E-state index in [4.69, 9.17) is 11.6 Å². The Morgan fingerprint density at radius 2 is 2.27 bits per heavy atom. The van der Waals surface area contributed by atoms with Crippen LogP contribution in [0.25, 0.3) is 0 Å². The predicted molar refractivity (Wildman–Crippen MR) is 59.7 cm³/mol. The van der Waals surface area contributed by atoms with Crippen LogP contribution >= 0.6 is 11.6 Å². The van der Waals surface area contributed by atoms with Gasteiger partial charge in [0.05, 0.1) is 17.4 Å². The van der Waals surface area contributed by atoms with Crippen molar-refractivity contribution >= 4 is 27.3 Å². The Bertz CT molecular complexity index is 326. The van der Waals surface area contributed by atoms with Crippen LogP contribution in [-0.4, -0.2) is 37.8 Å². The lowest BCUT2D eigenvalue weighted by Crippen LogP contribution is -2.32. The van der Waals surface area contributed by atoms with E-state index in [1.165, 1.54) is 0 Å². The van der Waals surface area contributed by atoms with Crippen LogP contribution in [0.2, 0.25) is 0 Å². The normalized spacial score (nSPS) is 26.1. The molecule has 0 aliphatic carbocycles. The molecule has 88 valence electrons. The number of amides is 1. The van der Waals surface area contributed by atoms with E-state index in [-0.39, 0.29) is 28.7 Å². The third kappa shape index (κ3) is 4.38. The summed E-state index contributed by atoms with van der Waals surface area (Å²) < 4.78 is 22.3. The van der Waals surface area contributed by atoms with Crippen LogP contribution in [-0.2, 0) is 14.6 Å². The predicted octanol–water partition coefficient (Wildman–Crippen LogP) is 0.555. The third-order valence-corrected chi connectivity index (χ3v) is 4.43. The van der Waals surface area contributed by atoms with Gasteiger partial charge in [-0.1, -0.05) is 0 Å². The molecule has 2 atom stereocenters. The smallest absolute Gasteiger partial charge is 0.224 e. The van der Waals surface area contributed by atoms with Gasteiger partial charge in [-0.25, -0.2) is 8.42 Å². The highest BCUT2D eigenvalue weighted by Gasteiger charge is 2.32. The first-order valence-electron chi connectivity index (χ1n) is 5.03. The number of nitrogens with one attached hydrogen (secondary N) is 1. The van der Waals surface area contributed by atoms with Crippen molar-refractivity contribution in [2.45, 2.75) is 25.1 Å². The zero-order chi connectivity index (χ0) is 11.5. The molecule has 1 amide bonds. The summed E-state index contributed by atoms with van der Waals surface area (Å²) in [5.41, 5.74) is 0. The quantitative estimate of drug-likeness (QED) is 0.745. The SMILES string of the molecule is CC(Cl)CCNC(=O)C1CCS(=O)(=O)C1. The van der Waals surface area contributed by atoms with Crippen molar-refractivity contribution in [3.63, 3.8) is 0 Å². The minimum absolute atomic E-state index is 0.00470. The molecule has 1 aliphatic rings. The maximum Gasteiger partial charge on any atom is 0.224 e. The Hall–Kier alpha value is -0.290. The number of carbonyl (C=O) groups is 1. The van der Waals surface area contributed by atoms with E-state index >= 15 is 0 Å². The maximum atomic E-state index is 11.5. The van der Waals surface area contributed by atoms with Gasteiger partial charge in [-0.3, -0.25) is 4.79 Å². The van der Waals surface area contributed by atoms with Gasteiger partial charge in [0.2, 0.25) is 5.91 Å². The Morgan fingerprint density at radius 3 is 2.73 bits per heavy atom. The van der Waals surface area contributed by atoms with Gasteiger partial charge >= 0.3 is 0 Å². The Morgan fingerprint density at radius 1 is 1.60 bits per heavy atom. The molecule has 0 aromatic carbocycles. The van der Waals surface area contributed by atoms with Gasteiger partial charge in [-0.05, 0) is 19.8 Å². The van der Waals surface area contributed by atoms with Crippen molar-refractivity contribution in [3.05, 3.63) is 0 Å². The van der Waals surface area contributed by atoms with Gasteiger partial charge in [0.1, 0.15) is 0 Å². The summed E-state index contributed by atoms with van der Waals surface area (Å²) in [5.74, 6) is -0.388. The molecule has 0 aromatic heterocycles. The lowest BCUT2D eigenvalue weighted by Gasteiger charge is -2.09. The summed E-state index contributed by atoms with van der Waals surface area (Å²) in [7, 11) is -2.97. The molecule has 0 saturated carbocycles. The van der Waals surface area contributed by atoms with Crippen LogP contribution in [0.15, 0.2) is 0 Å². The highest BCUT2D eigenvalue weighted by atomic mass is 35.5. The molecule has 1 saturated heterocycles. The van der Waals surface area contributed by atoms with Gasteiger partial charge < -0.3 is 5.32 Å². The minimum Gasteiger partial charge on any atom is -0.356 e. The highest BCUT2D eigenvalue weighted by Crippen LogP contribution is 2.18. The number of alkyl halides is 1. The first-order chi connectivity index (χ1) is 6.91. The summed E-state index contributed by atoms with van der Waals surface area (Å²) in [4.78, 5) is 11.5. The average Bonchev–Trinajstić information content (AvgIpc) is 2.45. The van der Waals surface area contributed by atoms with Crippen molar-refractivity contribution in [1.82, 2.24) is 5.32 Å². The van der Waals surface area contributed by atoms with Crippen LogP contribution < -0.4 is 5.32 Å². The van der Waals surface area contributed by atoms with E-state index in [1.807, 2.05) is 6.92 Å². The van der Waals surface area contributed by atoms with E-state index in [1.54, 1.807) is 0 Å². The van der Waals surface area contributed by atoms with E-state index < -0.39 is 9.84 Å². The largest absolute Gasteiger partial charge is 0.356 e. The van der Waals surface area contributed by atoms with Gasteiger partial charge in [-0.2, -0.15) is 0 Å². The van der Waals surface area contributed by atoms with Crippen molar-refractivity contribution in [2.75, 3.05) is 18.1 Å². The zero-order valence-corrected chi connectivity index (χ0v) is 10.3. The fraction of sp³-hybridized carbons (Fsp3) is 0.889. The molecule has 1 fully saturated rings. The standard InChI is InChI=1S/C9H16ClNO3S/c1-7(10)2-4-11-9(12)8-3-5-15(13,14)6-8/h7-8H,2-6H2,1H3,(H,11,12). The molecule has 1 N–H and O–H groups in total. The van der Waals surface area contributed by atoms with E-state index in [0.29, 0.717) is 19.4 Å². The van der Waals surface area contributed by atoms with Crippen molar-refractivity contribution < 1.29 is 13.2 Å². The molecule has 1 aliphatic heterocycles. The monoisotopic (exact) mass is 253 g/mol. The summed E-state index contributed by atoms with van der Waals surface area (Å²) in [6.45, 7) is 2.37. The summed E-state index contributed by atoms with van der Waals surface area (Å²) in [5, 5.41) is 2.73. The van der Waals surface area contributed by atoms with E-state index in [2.05, 4.69) is 5.32 Å². The molecular formula is C9H16ClNO3S. The van der Waals surface area contributed by atoms with Crippen molar-refractivity contribution in [2.24, 2.45) is 5.92 Å². The van der Waals surface area contributed by atoms with Gasteiger partial charge in [0.15, 0.2) is 9.84 Å². The number of rotatable bonds is 4. The Kier molecular flexibility index (Phi) is 4.40. The number of hydrogen-bond donors (Lipinski definition) is 1. The molecule has 6 heteroatoms. The molecule has 0 radical (unpaired) electrons. The highest BCUT2D eigenvalue weighted by molar-refractivity contribution is 7.91. The second-order valence-electron chi connectivity index (χ2n) is 3.96. The summed E-state index contributed by atoms with van der Waals surface area (Å²) >= 11 is 5.72. The number of carbonyl (C=O) groups excluding carboxylic acids is 1. The Labute approximate surface area is 95.3 Å². The molecule has 2 unspecified atom stereocenters. The van der Waals surface area contributed by atoms with Gasteiger partial charge in [0.25, 0.3) is 0 Å². The van der Waals surface area contributed by atoms with Crippen LogP contribution in [0, 0.1) is 5.92 Å². The molecule has 15 heavy (non-hydrogen) atoms. The van der Waals surface area contributed by atoms with Gasteiger partial charge in [-0.15, -0.1) is 11.6 Å². The first kappa shape index (κ1) is 12.8. The fourth-order valence-corrected chi connectivity index (χ4v) is 3.39. The number of hydrogen-bond acceptors (Lipinski definition) is 3. The molecule has 0 aromatic rings. The maximum absolute atomic E-state index is 11.5. The molecule has 1 rings (SSSR count). The van der Waals surface area contributed by atoms with E-state index in [9.17, 15) is 13.2 Å². The van der Waals surface area contributed by atoms with E-state index in [0.717, 1.165) is 0 Å².